The molecule has 0 aliphatic carbocycles. The first-order valence-electron chi connectivity index (χ1n) is 6.51. The van der Waals surface area contributed by atoms with E-state index in [1.165, 1.54) is 11.1 Å². The lowest BCUT2D eigenvalue weighted by atomic mass is 9.87. The van der Waals surface area contributed by atoms with Crippen LogP contribution in [0.3, 0.4) is 0 Å². The fourth-order valence-corrected chi connectivity index (χ4v) is 1.87. The molecule has 2 aromatic carbocycles. The lowest BCUT2D eigenvalue weighted by Crippen LogP contribution is -2.10. The van der Waals surface area contributed by atoms with Gasteiger partial charge in [-0.25, -0.2) is 0 Å². The Morgan fingerprint density at radius 2 is 1.16 bits per heavy atom. The molecule has 0 saturated heterocycles. The molecular formula is C18H19O-. The molecule has 0 N–H and O–H groups in total. The summed E-state index contributed by atoms with van der Waals surface area (Å²) in [4.78, 5) is 0. The fraction of sp³-hybridized carbons (Fsp3) is 0.222. The van der Waals surface area contributed by atoms with Crippen LogP contribution in [0.5, 0.6) is 5.75 Å². The van der Waals surface area contributed by atoms with Crippen LogP contribution in [0.4, 0.5) is 0 Å². The summed E-state index contributed by atoms with van der Waals surface area (Å²) < 4.78 is 0. The van der Waals surface area contributed by atoms with E-state index in [0.29, 0.717) is 0 Å². The summed E-state index contributed by atoms with van der Waals surface area (Å²) in [6, 6.07) is 15.4. The molecule has 0 saturated carbocycles. The fourth-order valence-electron chi connectivity index (χ4n) is 1.87. The molecular weight excluding hydrogens is 232 g/mol. The predicted molar refractivity (Wildman–Crippen MR) is 80.0 cm³/mol. The Morgan fingerprint density at radius 1 is 0.737 bits per heavy atom. The van der Waals surface area contributed by atoms with E-state index < -0.39 is 0 Å². The molecule has 0 heterocycles. The third kappa shape index (κ3) is 3.72. The Kier molecular flexibility index (Phi) is 3.75. The molecule has 0 aliphatic heterocycles. The lowest BCUT2D eigenvalue weighted by molar-refractivity contribution is -0.268. The standard InChI is InChI=1S/C18H20O/c1-18(2,3)16-10-6-14(7-11-16)4-5-15-8-12-17(19)13-9-15/h4-13,19H,1-3H3/p-1/b5-4+. The molecule has 0 atom stereocenters. The van der Waals surface area contributed by atoms with Gasteiger partial charge >= 0.3 is 0 Å². The normalized spacial score (nSPS) is 11.9. The highest BCUT2D eigenvalue weighted by atomic mass is 16.3. The van der Waals surface area contributed by atoms with Gasteiger partial charge in [0.25, 0.3) is 0 Å². The van der Waals surface area contributed by atoms with Gasteiger partial charge in [-0.3, -0.25) is 0 Å². The van der Waals surface area contributed by atoms with Gasteiger partial charge in [0.1, 0.15) is 0 Å². The number of rotatable bonds is 2. The van der Waals surface area contributed by atoms with Crippen molar-refractivity contribution in [3.63, 3.8) is 0 Å². The molecule has 1 nitrogen and oxygen atoms in total. The topological polar surface area (TPSA) is 23.1 Å². The van der Waals surface area contributed by atoms with E-state index >= 15 is 0 Å². The van der Waals surface area contributed by atoms with Crippen LogP contribution in [0.1, 0.15) is 37.5 Å². The predicted octanol–water partition coefficient (Wildman–Crippen LogP) is 4.23. The van der Waals surface area contributed by atoms with Crippen LogP contribution in [0.15, 0.2) is 48.5 Å². The van der Waals surface area contributed by atoms with Crippen molar-refractivity contribution in [2.24, 2.45) is 0 Å². The second-order valence-corrected chi connectivity index (χ2v) is 5.77. The highest BCUT2D eigenvalue weighted by Gasteiger charge is 2.12. The molecule has 1 heteroatoms. The van der Waals surface area contributed by atoms with Crippen molar-refractivity contribution in [2.75, 3.05) is 0 Å². The van der Waals surface area contributed by atoms with E-state index in [-0.39, 0.29) is 11.2 Å². The van der Waals surface area contributed by atoms with Crippen LogP contribution >= 0.6 is 0 Å². The van der Waals surface area contributed by atoms with Crippen molar-refractivity contribution < 1.29 is 5.11 Å². The maximum Gasteiger partial charge on any atom is -0.0132 e. The largest absolute Gasteiger partial charge is 0.872 e. The molecule has 0 fully saturated rings. The summed E-state index contributed by atoms with van der Waals surface area (Å²) in [5, 5.41) is 11.0. The van der Waals surface area contributed by atoms with Crippen LogP contribution in [0, 0.1) is 0 Å². The second kappa shape index (κ2) is 5.31. The van der Waals surface area contributed by atoms with E-state index in [1.54, 1.807) is 12.1 Å². The second-order valence-electron chi connectivity index (χ2n) is 5.77. The molecule has 0 amide bonds. The summed E-state index contributed by atoms with van der Waals surface area (Å²) in [6.45, 7) is 6.63. The zero-order valence-corrected chi connectivity index (χ0v) is 11.7. The van der Waals surface area contributed by atoms with E-state index in [2.05, 4.69) is 51.1 Å². The van der Waals surface area contributed by atoms with E-state index in [4.69, 9.17) is 0 Å². The van der Waals surface area contributed by atoms with Gasteiger partial charge in [-0.2, -0.15) is 0 Å². The van der Waals surface area contributed by atoms with Gasteiger partial charge in [0.15, 0.2) is 0 Å². The van der Waals surface area contributed by atoms with Gasteiger partial charge in [-0.05, 0) is 22.1 Å². The average Bonchev–Trinajstić information content (AvgIpc) is 2.37. The summed E-state index contributed by atoms with van der Waals surface area (Å²) >= 11 is 0. The van der Waals surface area contributed by atoms with Crippen LogP contribution < -0.4 is 5.11 Å². The first-order valence-corrected chi connectivity index (χ1v) is 6.51. The summed E-state index contributed by atoms with van der Waals surface area (Å²) in [7, 11) is 0. The van der Waals surface area contributed by atoms with Gasteiger partial charge in [-0.15, -0.1) is 5.75 Å². The summed E-state index contributed by atoms with van der Waals surface area (Å²) in [6.07, 6.45) is 4.08. The smallest absolute Gasteiger partial charge is 0.0132 e. The first-order chi connectivity index (χ1) is 8.95. The lowest BCUT2D eigenvalue weighted by Gasteiger charge is -2.18. The van der Waals surface area contributed by atoms with E-state index in [9.17, 15) is 5.11 Å². The van der Waals surface area contributed by atoms with Crippen molar-refractivity contribution >= 4 is 12.2 Å². The summed E-state index contributed by atoms with van der Waals surface area (Å²) in [5.41, 5.74) is 3.73. The quantitative estimate of drug-likeness (QED) is 0.732. The zero-order valence-electron chi connectivity index (χ0n) is 11.7. The molecule has 0 unspecified atom stereocenters. The van der Waals surface area contributed by atoms with Gasteiger partial charge in [-0.1, -0.05) is 81.5 Å². The van der Waals surface area contributed by atoms with Crippen molar-refractivity contribution in [1.82, 2.24) is 0 Å². The Balaban J connectivity index is 2.13. The highest BCUT2D eigenvalue weighted by Crippen LogP contribution is 2.22. The third-order valence-electron chi connectivity index (χ3n) is 3.13. The van der Waals surface area contributed by atoms with Crippen molar-refractivity contribution in [2.45, 2.75) is 26.2 Å². The Morgan fingerprint density at radius 3 is 1.58 bits per heavy atom. The van der Waals surface area contributed by atoms with Crippen molar-refractivity contribution in [3.05, 3.63) is 65.2 Å². The molecule has 98 valence electrons. The minimum atomic E-state index is 0.0479. The van der Waals surface area contributed by atoms with Crippen LogP contribution in [0.2, 0.25) is 0 Å². The molecule has 0 bridgehead atoms. The zero-order chi connectivity index (χ0) is 13.9. The molecule has 2 rings (SSSR count). The van der Waals surface area contributed by atoms with E-state index in [0.717, 1.165) is 5.56 Å². The van der Waals surface area contributed by atoms with Crippen LogP contribution in [-0.4, -0.2) is 0 Å². The number of benzene rings is 2. The van der Waals surface area contributed by atoms with Gasteiger partial charge in [0.05, 0.1) is 0 Å². The Bertz CT molecular complexity index is 554. The van der Waals surface area contributed by atoms with Crippen LogP contribution in [-0.2, 0) is 5.41 Å². The first kappa shape index (κ1) is 13.4. The van der Waals surface area contributed by atoms with Gasteiger partial charge in [0, 0.05) is 0 Å². The molecule has 19 heavy (non-hydrogen) atoms. The maximum atomic E-state index is 11.0. The Labute approximate surface area is 115 Å². The van der Waals surface area contributed by atoms with Gasteiger partial charge in [0.2, 0.25) is 0 Å². The Hall–Kier alpha value is -2.02. The van der Waals surface area contributed by atoms with Crippen molar-refractivity contribution in [3.8, 4) is 5.75 Å². The summed E-state index contributed by atoms with van der Waals surface area (Å²) in [5.74, 6) is 0.0479. The molecule has 0 aromatic heterocycles. The van der Waals surface area contributed by atoms with Crippen LogP contribution in [0.25, 0.3) is 12.2 Å². The molecule has 0 spiro atoms. The monoisotopic (exact) mass is 251 g/mol. The van der Waals surface area contributed by atoms with Crippen molar-refractivity contribution in [1.29, 1.82) is 0 Å². The molecule has 0 radical (unpaired) electrons. The van der Waals surface area contributed by atoms with E-state index in [1.807, 2.05) is 18.2 Å². The van der Waals surface area contributed by atoms with Gasteiger partial charge < -0.3 is 5.11 Å². The SMILES string of the molecule is CC(C)(C)c1ccc(/C=C/c2ccc([O-])cc2)cc1. The number of hydrogen-bond acceptors (Lipinski definition) is 1. The molecule has 0 aliphatic rings. The minimum absolute atomic E-state index is 0.0479. The maximum absolute atomic E-state index is 11.0. The average molecular weight is 251 g/mol. The third-order valence-corrected chi connectivity index (χ3v) is 3.13. The minimum Gasteiger partial charge on any atom is -0.872 e. The molecule has 2 aromatic rings. The highest BCUT2D eigenvalue weighted by molar-refractivity contribution is 5.69. The number of hydrogen-bond donors (Lipinski definition) is 0.